The van der Waals surface area contributed by atoms with Crippen LogP contribution < -0.4 is 0 Å². The Morgan fingerprint density at radius 3 is 2.48 bits per heavy atom. The summed E-state index contributed by atoms with van der Waals surface area (Å²) in [5, 5.41) is 0. The number of ether oxygens (including phenoxy) is 2. The predicted molar refractivity (Wildman–Crippen MR) is 99.8 cm³/mol. The molecule has 6 nitrogen and oxygen atoms in total. The molecule has 1 saturated carbocycles. The zero-order chi connectivity index (χ0) is 18.7. The first-order chi connectivity index (χ1) is 13.2. The largest absolute Gasteiger partial charge is 0.416 e. The number of rotatable bonds is 3. The number of morpholine rings is 1. The van der Waals surface area contributed by atoms with Gasteiger partial charge in [0, 0.05) is 19.2 Å². The van der Waals surface area contributed by atoms with E-state index >= 15 is 0 Å². The molecule has 3 aliphatic rings. The highest BCUT2D eigenvalue weighted by molar-refractivity contribution is 5.90. The molecular formula is C21H26N2O4. The second-order valence-electron chi connectivity index (χ2n) is 7.48. The standard InChI is InChI=1S/C21H26N2O4/c24-19(22-11-13-26-14-12-22)15-18-21(9-5-2-6-10-21)23(20(25)27-18)16-17-7-3-1-4-8-17/h1,3-4,7-8,15H,2,5-6,9-14,16H2/b18-15+. The average Bonchev–Trinajstić information content (AvgIpc) is 2.95. The van der Waals surface area contributed by atoms with Crippen LogP contribution in [0.25, 0.3) is 0 Å². The van der Waals surface area contributed by atoms with E-state index in [1.165, 1.54) is 0 Å². The highest BCUT2D eigenvalue weighted by atomic mass is 16.6. The Morgan fingerprint density at radius 1 is 1.07 bits per heavy atom. The third-order valence-electron chi connectivity index (χ3n) is 5.83. The number of carbonyl (C=O) groups excluding carboxylic acids is 2. The van der Waals surface area contributed by atoms with Gasteiger partial charge >= 0.3 is 6.09 Å². The fourth-order valence-corrected chi connectivity index (χ4v) is 4.34. The van der Waals surface area contributed by atoms with E-state index in [1.54, 1.807) is 11.0 Å². The second-order valence-corrected chi connectivity index (χ2v) is 7.48. The van der Waals surface area contributed by atoms with E-state index in [-0.39, 0.29) is 12.0 Å². The fourth-order valence-electron chi connectivity index (χ4n) is 4.34. The van der Waals surface area contributed by atoms with Crippen LogP contribution in [0.4, 0.5) is 4.79 Å². The molecule has 2 heterocycles. The molecule has 144 valence electrons. The highest BCUT2D eigenvalue weighted by Gasteiger charge is 2.52. The van der Waals surface area contributed by atoms with Gasteiger partial charge in [0.15, 0.2) is 0 Å². The maximum absolute atomic E-state index is 12.7. The minimum Gasteiger partial charge on any atom is -0.412 e. The summed E-state index contributed by atoms with van der Waals surface area (Å²) in [6, 6.07) is 9.95. The van der Waals surface area contributed by atoms with E-state index in [0.717, 1.165) is 37.7 Å². The minimum absolute atomic E-state index is 0.0902. The third-order valence-corrected chi connectivity index (χ3v) is 5.83. The molecule has 1 spiro atoms. The van der Waals surface area contributed by atoms with Crippen molar-refractivity contribution in [2.45, 2.75) is 44.2 Å². The van der Waals surface area contributed by atoms with Crippen molar-refractivity contribution in [3.8, 4) is 0 Å². The molecule has 4 rings (SSSR count). The van der Waals surface area contributed by atoms with E-state index in [9.17, 15) is 9.59 Å². The highest BCUT2D eigenvalue weighted by Crippen LogP contribution is 2.45. The van der Waals surface area contributed by atoms with Crippen LogP contribution in [0.5, 0.6) is 0 Å². The molecule has 0 aromatic heterocycles. The van der Waals surface area contributed by atoms with Crippen molar-refractivity contribution in [2.75, 3.05) is 26.3 Å². The van der Waals surface area contributed by atoms with Gasteiger partial charge in [-0.2, -0.15) is 0 Å². The molecule has 2 saturated heterocycles. The zero-order valence-electron chi connectivity index (χ0n) is 15.6. The van der Waals surface area contributed by atoms with Crippen molar-refractivity contribution in [3.05, 3.63) is 47.7 Å². The van der Waals surface area contributed by atoms with Crippen LogP contribution in [0.1, 0.15) is 37.7 Å². The molecule has 6 heteroatoms. The lowest BCUT2D eigenvalue weighted by Crippen LogP contribution is -2.47. The Kier molecular flexibility index (Phi) is 5.16. The summed E-state index contributed by atoms with van der Waals surface area (Å²) < 4.78 is 11.0. The number of nitrogens with zero attached hydrogens (tertiary/aromatic N) is 2. The Labute approximate surface area is 159 Å². The van der Waals surface area contributed by atoms with E-state index in [2.05, 4.69) is 0 Å². The molecule has 27 heavy (non-hydrogen) atoms. The molecule has 2 aliphatic heterocycles. The van der Waals surface area contributed by atoms with Gasteiger partial charge in [-0.1, -0.05) is 49.6 Å². The first-order valence-corrected chi connectivity index (χ1v) is 9.81. The summed E-state index contributed by atoms with van der Waals surface area (Å²) in [6.45, 7) is 2.78. The average molecular weight is 370 g/mol. The van der Waals surface area contributed by atoms with Crippen molar-refractivity contribution in [1.29, 1.82) is 0 Å². The molecule has 0 radical (unpaired) electrons. The topological polar surface area (TPSA) is 59.1 Å². The zero-order valence-corrected chi connectivity index (χ0v) is 15.6. The van der Waals surface area contributed by atoms with Crippen LogP contribution >= 0.6 is 0 Å². The molecule has 1 aromatic carbocycles. The van der Waals surface area contributed by atoms with E-state index in [4.69, 9.17) is 9.47 Å². The lowest BCUT2D eigenvalue weighted by Gasteiger charge is -2.39. The normalized spacial score (nSPS) is 23.7. The maximum Gasteiger partial charge on any atom is 0.416 e. The molecule has 0 N–H and O–H groups in total. The first kappa shape index (κ1) is 18.0. The van der Waals surface area contributed by atoms with Crippen LogP contribution in [0.15, 0.2) is 42.2 Å². The van der Waals surface area contributed by atoms with Crippen molar-refractivity contribution in [1.82, 2.24) is 9.80 Å². The van der Waals surface area contributed by atoms with Crippen molar-refractivity contribution in [3.63, 3.8) is 0 Å². The van der Waals surface area contributed by atoms with Gasteiger partial charge in [0.25, 0.3) is 0 Å². The van der Waals surface area contributed by atoms with Crippen molar-refractivity contribution >= 4 is 12.0 Å². The Hall–Kier alpha value is -2.34. The van der Waals surface area contributed by atoms with E-state index in [1.807, 2.05) is 35.2 Å². The smallest absolute Gasteiger partial charge is 0.412 e. The number of cyclic esters (lactones) is 1. The lowest BCUT2D eigenvalue weighted by atomic mass is 9.79. The van der Waals surface area contributed by atoms with E-state index < -0.39 is 5.54 Å². The number of hydrogen-bond acceptors (Lipinski definition) is 4. The fraction of sp³-hybridized carbons (Fsp3) is 0.524. The Morgan fingerprint density at radius 2 is 1.78 bits per heavy atom. The number of benzene rings is 1. The van der Waals surface area contributed by atoms with E-state index in [0.29, 0.717) is 38.6 Å². The quantitative estimate of drug-likeness (QED) is 0.767. The van der Waals surface area contributed by atoms with Gasteiger partial charge in [-0.3, -0.25) is 9.69 Å². The summed E-state index contributed by atoms with van der Waals surface area (Å²) in [5.74, 6) is 0.437. The maximum atomic E-state index is 12.7. The minimum atomic E-state index is -0.493. The monoisotopic (exact) mass is 370 g/mol. The molecule has 0 bridgehead atoms. The summed E-state index contributed by atoms with van der Waals surface area (Å²) in [5.41, 5.74) is 0.577. The summed E-state index contributed by atoms with van der Waals surface area (Å²) in [4.78, 5) is 29.1. The SMILES string of the molecule is O=C(/C=C1/OC(=O)N(Cc2ccccc2)C12CCCCC2)N1CCOCC1. The Bertz CT molecular complexity index is 719. The molecule has 3 fully saturated rings. The van der Waals surface area contributed by atoms with Gasteiger partial charge in [-0.15, -0.1) is 0 Å². The number of amides is 2. The van der Waals surface area contributed by atoms with Gasteiger partial charge in [-0.05, 0) is 18.4 Å². The van der Waals surface area contributed by atoms with Crippen LogP contribution in [0, 0.1) is 0 Å². The molecular weight excluding hydrogens is 344 g/mol. The molecule has 0 unspecified atom stereocenters. The summed E-state index contributed by atoms with van der Waals surface area (Å²) in [6.07, 6.45) is 6.11. The molecule has 2 amide bonds. The van der Waals surface area contributed by atoms with Gasteiger partial charge in [0.2, 0.25) is 5.91 Å². The number of hydrogen-bond donors (Lipinski definition) is 0. The van der Waals surface area contributed by atoms with Crippen molar-refractivity contribution in [2.24, 2.45) is 0 Å². The predicted octanol–water partition coefficient (Wildman–Crippen LogP) is 3.08. The Balaban J connectivity index is 1.62. The number of carbonyl (C=O) groups is 2. The van der Waals surface area contributed by atoms with Crippen molar-refractivity contribution < 1.29 is 19.1 Å². The summed E-state index contributed by atoms with van der Waals surface area (Å²) >= 11 is 0. The van der Waals surface area contributed by atoms with Gasteiger partial charge in [0.05, 0.1) is 19.8 Å². The second kappa shape index (κ2) is 7.72. The van der Waals surface area contributed by atoms with Gasteiger partial charge < -0.3 is 14.4 Å². The molecule has 1 aromatic rings. The van der Waals surface area contributed by atoms with Crippen LogP contribution in [0.3, 0.4) is 0 Å². The van der Waals surface area contributed by atoms with Gasteiger partial charge in [0.1, 0.15) is 11.3 Å². The van der Waals surface area contributed by atoms with Gasteiger partial charge in [-0.25, -0.2) is 4.79 Å². The lowest BCUT2D eigenvalue weighted by molar-refractivity contribution is -0.130. The first-order valence-electron chi connectivity index (χ1n) is 9.81. The molecule has 0 atom stereocenters. The molecule has 1 aliphatic carbocycles. The van der Waals surface area contributed by atoms with Crippen LogP contribution in [-0.4, -0.2) is 53.6 Å². The van der Waals surface area contributed by atoms with Crippen LogP contribution in [-0.2, 0) is 20.8 Å². The third kappa shape index (κ3) is 3.58. The van der Waals surface area contributed by atoms with Crippen LogP contribution in [0.2, 0.25) is 0 Å². The summed E-state index contributed by atoms with van der Waals surface area (Å²) in [7, 11) is 0.